The Morgan fingerprint density at radius 2 is 0.739 bits per heavy atom. The normalized spacial score (nSPS) is 27.2. The Bertz CT molecular complexity index is 1090. The van der Waals surface area contributed by atoms with Crippen molar-refractivity contribution in [2.45, 2.75) is 126 Å². The summed E-state index contributed by atoms with van der Waals surface area (Å²) in [6.45, 7) is 21.1. The van der Waals surface area contributed by atoms with Crippen molar-refractivity contribution in [3.8, 4) is 0 Å². The summed E-state index contributed by atoms with van der Waals surface area (Å²) in [5, 5.41) is 0. The molecule has 0 N–H and O–H groups in total. The first-order valence-electron chi connectivity index (χ1n) is 16.5. The van der Waals surface area contributed by atoms with Crippen LogP contribution in [-0.4, -0.2) is 108 Å². The van der Waals surface area contributed by atoms with Gasteiger partial charge in [0.15, 0.2) is 18.3 Å². The van der Waals surface area contributed by atoms with Gasteiger partial charge in [0.05, 0.1) is 0 Å². The molecule has 1 saturated heterocycles. The third-order valence-corrected chi connectivity index (χ3v) is 8.32. The average molecular weight is 654 g/mol. The first kappa shape index (κ1) is 40.8. The Labute approximate surface area is 275 Å². The molecule has 12 heteroatoms. The van der Waals surface area contributed by atoms with Gasteiger partial charge in [-0.15, -0.1) is 0 Å². The number of esters is 3. The average Bonchev–Trinajstić information content (AvgIpc) is 2.91. The van der Waals surface area contributed by atoms with Crippen LogP contribution in [-0.2, 0) is 43.0 Å². The molecule has 3 amide bonds. The summed E-state index contributed by atoms with van der Waals surface area (Å²) in [7, 11) is 4.32. The van der Waals surface area contributed by atoms with Crippen molar-refractivity contribution in [2.24, 2.45) is 35.5 Å². The number of ether oxygens (including phenoxy) is 3. The summed E-state index contributed by atoms with van der Waals surface area (Å²) >= 11 is 0. The zero-order valence-electron chi connectivity index (χ0n) is 30.7. The van der Waals surface area contributed by atoms with Gasteiger partial charge in [-0.25, -0.2) is 14.4 Å². The van der Waals surface area contributed by atoms with E-state index in [0.29, 0.717) is 0 Å². The van der Waals surface area contributed by atoms with E-state index in [-0.39, 0.29) is 12.3 Å². The van der Waals surface area contributed by atoms with E-state index >= 15 is 0 Å². The lowest BCUT2D eigenvalue weighted by Crippen LogP contribution is -2.57. The zero-order chi connectivity index (χ0) is 36.0. The summed E-state index contributed by atoms with van der Waals surface area (Å²) in [5.41, 5.74) is 0. The maximum atomic E-state index is 14.0. The van der Waals surface area contributed by atoms with Gasteiger partial charge in [0.2, 0.25) is 0 Å². The molecule has 0 aromatic carbocycles. The number of cyclic esters (lactones) is 3. The number of amides is 3. The van der Waals surface area contributed by atoms with E-state index in [0.717, 1.165) is 0 Å². The molecule has 0 aliphatic carbocycles. The Kier molecular flexibility index (Phi) is 15.2. The van der Waals surface area contributed by atoms with Crippen molar-refractivity contribution in [1.82, 2.24) is 14.7 Å². The van der Waals surface area contributed by atoms with Crippen LogP contribution in [0.15, 0.2) is 0 Å². The van der Waals surface area contributed by atoms with Crippen LogP contribution in [0.4, 0.5) is 0 Å². The van der Waals surface area contributed by atoms with Crippen molar-refractivity contribution in [3.63, 3.8) is 0 Å². The molecule has 1 aliphatic heterocycles. The number of likely N-dealkylation sites (N-methyl/N-ethyl adjacent to an activating group) is 3. The number of carbonyl (C=O) groups is 6. The molecule has 0 unspecified atom stereocenters. The highest BCUT2D eigenvalue weighted by Gasteiger charge is 2.44. The fourth-order valence-electron chi connectivity index (χ4n) is 5.84. The SMILES string of the molecule is CC(C)C[C@H]1OC(=O)[C@H](C(C)C)N(C)C(=O)[C@@H](C(C)C)OC(=O)[C@H](C(C)C)N(C)C(=O)[C@@H](C(C)C)OC(=O)[C@H](C(C)C)N(C)C1=O. The van der Waals surface area contributed by atoms with Gasteiger partial charge in [-0.3, -0.25) is 14.4 Å². The summed E-state index contributed by atoms with van der Waals surface area (Å²) in [4.78, 5) is 86.6. The molecule has 1 rings (SSSR count). The fourth-order valence-corrected chi connectivity index (χ4v) is 5.84. The Hall–Kier alpha value is -3.18. The van der Waals surface area contributed by atoms with E-state index in [1.807, 2.05) is 13.8 Å². The number of nitrogens with zero attached hydrogens (tertiary/aromatic N) is 3. The molecular formula is C34H59N3O9. The Morgan fingerprint density at radius 1 is 0.457 bits per heavy atom. The molecule has 0 saturated carbocycles. The van der Waals surface area contributed by atoms with Gasteiger partial charge in [0.1, 0.15) is 18.1 Å². The lowest BCUT2D eigenvalue weighted by Gasteiger charge is -2.38. The van der Waals surface area contributed by atoms with Crippen LogP contribution in [0.25, 0.3) is 0 Å². The highest BCUT2D eigenvalue weighted by Crippen LogP contribution is 2.25. The van der Waals surface area contributed by atoms with Gasteiger partial charge in [0, 0.05) is 21.1 Å². The Balaban J connectivity index is 3.94. The van der Waals surface area contributed by atoms with Crippen LogP contribution in [0.2, 0.25) is 0 Å². The maximum absolute atomic E-state index is 14.0. The third-order valence-electron chi connectivity index (χ3n) is 8.32. The minimum absolute atomic E-state index is 0.0635. The second-order valence-electron chi connectivity index (χ2n) is 14.7. The van der Waals surface area contributed by atoms with Crippen LogP contribution >= 0.6 is 0 Å². The topological polar surface area (TPSA) is 140 Å². The molecule has 1 aliphatic rings. The van der Waals surface area contributed by atoms with Crippen molar-refractivity contribution in [2.75, 3.05) is 21.1 Å². The number of rotatable bonds is 7. The van der Waals surface area contributed by atoms with Gasteiger partial charge in [-0.05, 0) is 41.9 Å². The first-order valence-corrected chi connectivity index (χ1v) is 16.5. The van der Waals surface area contributed by atoms with E-state index in [1.165, 1.54) is 35.8 Å². The predicted molar refractivity (Wildman–Crippen MR) is 173 cm³/mol. The van der Waals surface area contributed by atoms with Gasteiger partial charge in [-0.2, -0.15) is 0 Å². The molecule has 0 radical (unpaired) electrons. The molecule has 1 heterocycles. The highest BCUT2D eigenvalue weighted by atomic mass is 16.6. The molecule has 0 aromatic heterocycles. The summed E-state index contributed by atoms with van der Waals surface area (Å²) in [6, 6.07) is -3.33. The van der Waals surface area contributed by atoms with E-state index in [4.69, 9.17) is 14.2 Å². The molecule has 0 aromatic rings. The van der Waals surface area contributed by atoms with Crippen LogP contribution in [0, 0.1) is 35.5 Å². The van der Waals surface area contributed by atoms with Gasteiger partial charge >= 0.3 is 17.9 Å². The number of carbonyl (C=O) groups excluding carboxylic acids is 6. The minimum atomic E-state index is -1.28. The first-order chi connectivity index (χ1) is 21.1. The van der Waals surface area contributed by atoms with Gasteiger partial charge < -0.3 is 28.9 Å². The van der Waals surface area contributed by atoms with Gasteiger partial charge in [-0.1, -0.05) is 83.1 Å². The molecule has 264 valence electrons. The second kappa shape index (κ2) is 17.1. The van der Waals surface area contributed by atoms with E-state index in [1.54, 1.807) is 69.2 Å². The summed E-state index contributed by atoms with van der Waals surface area (Å²) < 4.78 is 17.5. The van der Waals surface area contributed by atoms with Crippen LogP contribution < -0.4 is 0 Å². The fraction of sp³-hybridized carbons (Fsp3) is 0.824. The molecule has 46 heavy (non-hydrogen) atoms. The third kappa shape index (κ3) is 9.91. The summed E-state index contributed by atoms with van der Waals surface area (Å²) in [6.07, 6.45) is -3.65. The monoisotopic (exact) mass is 653 g/mol. The molecule has 6 atom stereocenters. The standard InChI is InChI=1S/C34H59N3O9/c1-17(2)16-23-29(38)35(13)25(19(5)6)33(42)45-28(22(11)12)31(40)37(15)26(20(7)8)34(43)46-27(21(9)10)30(39)36(14)24(18(3)4)32(41)44-23/h17-28H,16H2,1-15H3/t23-,24+,25+,26+,27-,28-/m1/s1. The molecular weight excluding hydrogens is 594 g/mol. The minimum Gasteiger partial charge on any atom is -0.451 e. The quantitative estimate of drug-likeness (QED) is 0.298. The van der Waals surface area contributed by atoms with Crippen molar-refractivity contribution >= 4 is 35.6 Å². The number of hydrogen-bond donors (Lipinski definition) is 0. The molecule has 0 bridgehead atoms. The van der Waals surface area contributed by atoms with E-state index < -0.39 is 102 Å². The predicted octanol–water partition coefficient (Wildman–Crippen LogP) is 3.54. The van der Waals surface area contributed by atoms with Crippen LogP contribution in [0.1, 0.15) is 89.5 Å². The summed E-state index contributed by atoms with van der Waals surface area (Å²) in [5.74, 6) is -6.54. The van der Waals surface area contributed by atoms with Crippen molar-refractivity contribution in [3.05, 3.63) is 0 Å². The molecule has 1 fully saturated rings. The highest BCUT2D eigenvalue weighted by molar-refractivity contribution is 5.94. The van der Waals surface area contributed by atoms with E-state index in [9.17, 15) is 28.8 Å². The second-order valence-corrected chi connectivity index (χ2v) is 14.7. The lowest BCUT2D eigenvalue weighted by atomic mass is 9.97. The van der Waals surface area contributed by atoms with Gasteiger partial charge in [0.25, 0.3) is 17.7 Å². The van der Waals surface area contributed by atoms with Crippen LogP contribution in [0.5, 0.6) is 0 Å². The van der Waals surface area contributed by atoms with Crippen molar-refractivity contribution in [1.29, 1.82) is 0 Å². The Morgan fingerprint density at radius 3 is 1.00 bits per heavy atom. The van der Waals surface area contributed by atoms with Crippen molar-refractivity contribution < 1.29 is 43.0 Å². The van der Waals surface area contributed by atoms with E-state index in [2.05, 4.69) is 0 Å². The lowest BCUT2D eigenvalue weighted by molar-refractivity contribution is -0.181. The maximum Gasteiger partial charge on any atom is 0.329 e. The largest absolute Gasteiger partial charge is 0.451 e. The smallest absolute Gasteiger partial charge is 0.329 e. The number of hydrogen-bond acceptors (Lipinski definition) is 9. The van der Waals surface area contributed by atoms with Crippen LogP contribution in [0.3, 0.4) is 0 Å². The zero-order valence-corrected chi connectivity index (χ0v) is 30.7. The molecule has 0 spiro atoms. The molecule has 12 nitrogen and oxygen atoms in total.